The van der Waals surface area contributed by atoms with E-state index in [1.165, 1.54) is 41.3 Å². The molecule has 4 aliphatic rings. The SMILES string of the molecule is CC12CC[C@@H](CC1OC(=O)[C@H]1CCCN1C(=O)C1CSCN1C(=O)c1ccc(O)c(O)c1)C2(C)C. The smallest absolute Gasteiger partial charge is 0.329 e. The lowest BCUT2D eigenvalue weighted by molar-refractivity contribution is -0.165. The molecule has 2 amide bonds. The highest BCUT2D eigenvalue weighted by atomic mass is 32.2. The van der Waals surface area contributed by atoms with Gasteiger partial charge in [0.25, 0.3) is 5.91 Å². The number of hydrogen-bond acceptors (Lipinski definition) is 7. The van der Waals surface area contributed by atoms with Gasteiger partial charge in [-0.1, -0.05) is 20.8 Å². The molecule has 2 heterocycles. The Labute approximate surface area is 210 Å². The molecule has 9 heteroatoms. The molecule has 0 spiro atoms. The number of carbonyl (C=O) groups excluding carboxylic acids is 3. The van der Waals surface area contributed by atoms with Crippen molar-refractivity contribution < 1.29 is 29.3 Å². The summed E-state index contributed by atoms with van der Waals surface area (Å²) in [5.41, 5.74) is 0.292. The van der Waals surface area contributed by atoms with Crippen LogP contribution in [0, 0.1) is 16.7 Å². The van der Waals surface area contributed by atoms with Crippen molar-refractivity contribution in [3.05, 3.63) is 23.8 Å². The zero-order valence-corrected chi connectivity index (χ0v) is 21.3. The van der Waals surface area contributed by atoms with Crippen molar-refractivity contribution in [3.8, 4) is 11.5 Å². The molecular formula is C26H34N2O6S. The van der Waals surface area contributed by atoms with E-state index in [1.807, 2.05) is 0 Å². The van der Waals surface area contributed by atoms with Crippen molar-refractivity contribution in [2.45, 2.75) is 71.1 Å². The van der Waals surface area contributed by atoms with Crippen LogP contribution in [0.4, 0.5) is 0 Å². The predicted molar refractivity (Wildman–Crippen MR) is 131 cm³/mol. The van der Waals surface area contributed by atoms with Gasteiger partial charge in [0.05, 0.1) is 5.88 Å². The average molecular weight is 503 g/mol. The Morgan fingerprint density at radius 2 is 1.83 bits per heavy atom. The minimum Gasteiger partial charge on any atom is -0.504 e. The van der Waals surface area contributed by atoms with E-state index < -0.39 is 12.1 Å². The molecule has 0 radical (unpaired) electrons. The van der Waals surface area contributed by atoms with Gasteiger partial charge in [-0.2, -0.15) is 0 Å². The average Bonchev–Trinajstić information content (AvgIpc) is 3.57. The van der Waals surface area contributed by atoms with Crippen LogP contribution in [0.1, 0.15) is 63.2 Å². The van der Waals surface area contributed by atoms with Crippen LogP contribution in [0.5, 0.6) is 11.5 Å². The Kier molecular flexibility index (Phi) is 5.97. The van der Waals surface area contributed by atoms with Crippen LogP contribution in [0.2, 0.25) is 0 Å². The number of rotatable bonds is 4. The number of amides is 2. The van der Waals surface area contributed by atoms with Crippen molar-refractivity contribution in [2.75, 3.05) is 18.2 Å². The number of esters is 1. The van der Waals surface area contributed by atoms with E-state index in [1.54, 1.807) is 4.90 Å². The number of thioether (sulfide) groups is 1. The molecule has 2 N–H and O–H groups in total. The highest BCUT2D eigenvalue weighted by molar-refractivity contribution is 7.99. The molecule has 0 aromatic heterocycles. The minimum atomic E-state index is -0.684. The number of fused-ring (bicyclic) bond motifs is 2. The van der Waals surface area contributed by atoms with Gasteiger partial charge in [0.1, 0.15) is 18.2 Å². The van der Waals surface area contributed by atoms with Gasteiger partial charge in [0, 0.05) is 23.3 Å². The molecule has 5 atom stereocenters. The maximum atomic E-state index is 13.6. The molecule has 1 aromatic carbocycles. The van der Waals surface area contributed by atoms with Gasteiger partial charge >= 0.3 is 5.97 Å². The molecule has 2 saturated carbocycles. The van der Waals surface area contributed by atoms with Crippen LogP contribution in [0.25, 0.3) is 0 Å². The van der Waals surface area contributed by atoms with Crippen LogP contribution in [-0.4, -0.2) is 74.2 Å². The lowest BCUT2D eigenvalue weighted by Crippen LogP contribution is -2.52. The molecule has 4 fully saturated rings. The standard InChI is InChI=1S/C26H34N2O6S/c1-25(2)16-8-9-26(25,3)21(12-16)34-24(33)17-5-4-10-27(17)23(32)18-13-35-14-28(18)22(31)15-6-7-19(29)20(30)11-15/h6-7,11,16-18,21,29-30H,4-5,8-10,12-14H2,1-3H3/t16-,17+,18?,21?,26?/m0/s1. The molecule has 35 heavy (non-hydrogen) atoms. The van der Waals surface area contributed by atoms with Crippen molar-refractivity contribution in [2.24, 2.45) is 16.7 Å². The predicted octanol–water partition coefficient (Wildman–Crippen LogP) is 3.36. The number of ether oxygens (including phenoxy) is 1. The molecule has 190 valence electrons. The molecule has 2 saturated heterocycles. The van der Waals surface area contributed by atoms with Crippen molar-refractivity contribution in [3.63, 3.8) is 0 Å². The monoisotopic (exact) mass is 502 g/mol. The second kappa shape index (κ2) is 8.61. The third kappa shape index (κ3) is 3.77. The van der Waals surface area contributed by atoms with Gasteiger partial charge in [-0.05, 0) is 61.6 Å². The number of likely N-dealkylation sites (tertiary alicyclic amines) is 1. The summed E-state index contributed by atoms with van der Waals surface area (Å²) in [6.07, 6.45) is 4.29. The quantitative estimate of drug-likeness (QED) is 0.480. The third-order valence-electron chi connectivity index (χ3n) is 9.43. The molecule has 1 aromatic rings. The van der Waals surface area contributed by atoms with E-state index in [9.17, 15) is 24.6 Å². The Balaban J connectivity index is 1.28. The number of hydrogen-bond donors (Lipinski definition) is 2. The maximum absolute atomic E-state index is 13.6. The van der Waals surface area contributed by atoms with Crippen LogP contribution >= 0.6 is 11.8 Å². The van der Waals surface area contributed by atoms with E-state index in [4.69, 9.17) is 4.74 Å². The van der Waals surface area contributed by atoms with Crippen molar-refractivity contribution >= 4 is 29.5 Å². The zero-order chi connectivity index (χ0) is 25.1. The van der Waals surface area contributed by atoms with Gasteiger partial charge in [-0.15, -0.1) is 11.8 Å². The summed E-state index contributed by atoms with van der Waals surface area (Å²) in [5, 5.41) is 19.3. The molecule has 2 aliphatic heterocycles. The number of benzene rings is 1. The molecule has 8 nitrogen and oxygen atoms in total. The molecular weight excluding hydrogens is 468 g/mol. The number of aromatic hydroxyl groups is 2. The molecule has 2 aliphatic carbocycles. The van der Waals surface area contributed by atoms with E-state index in [0.717, 1.165) is 19.3 Å². The fraction of sp³-hybridized carbons (Fsp3) is 0.654. The van der Waals surface area contributed by atoms with Gasteiger partial charge in [0.2, 0.25) is 5.91 Å². The van der Waals surface area contributed by atoms with Crippen LogP contribution in [0.15, 0.2) is 18.2 Å². The van der Waals surface area contributed by atoms with Crippen LogP contribution < -0.4 is 0 Å². The van der Waals surface area contributed by atoms with Crippen LogP contribution in [-0.2, 0) is 14.3 Å². The molecule has 5 rings (SSSR count). The Hall–Kier alpha value is -2.42. The second-order valence-corrected chi connectivity index (χ2v) is 12.2. The van der Waals surface area contributed by atoms with E-state index >= 15 is 0 Å². The van der Waals surface area contributed by atoms with E-state index in [2.05, 4.69) is 20.8 Å². The first-order valence-corrected chi connectivity index (χ1v) is 13.6. The first-order chi connectivity index (χ1) is 16.5. The van der Waals surface area contributed by atoms with Gasteiger partial charge in [0.15, 0.2) is 11.5 Å². The Morgan fingerprint density at radius 3 is 2.49 bits per heavy atom. The number of phenolic OH excluding ortho intramolecular Hbond substituents is 2. The number of nitrogens with zero attached hydrogens (tertiary/aromatic N) is 2. The van der Waals surface area contributed by atoms with Crippen molar-refractivity contribution in [1.29, 1.82) is 0 Å². The van der Waals surface area contributed by atoms with Gasteiger partial charge in [-0.3, -0.25) is 9.59 Å². The number of phenols is 2. The second-order valence-electron chi connectivity index (χ2n) is 11.2. The largest absolute Gasteiger partial charge is 0.504 e. The first-order valence-electron chi connectivity index (χ1n) is 12.5. The van der Waals surface area contributed by atoms with E-state index in [0.29, 0.717) is 30.5 Å². The lowest BCUT2D eigenvalue weighted by atomic mass is 9.70. The van der Waals surface area contributed by atoms with Crippen molar-refractivity contribution in [1.82, 2.24) is 9.80 Å². The first kappa shape index (κ1) is 24.3. The zero-order valence-electron chi connectivity index (χ0n) is 20.5. The fourth-order valence-corrected chi connectivity index (χ4v) is 7.81. The molecule has 3 unspecified atom stereocenters. The third-order valence-corrected chi connectivity index (χ3v) is 10.4. The summed E-state index contributed by atoms with van der Waals surface area (Å²) in [7, 11) is 0. The normalized spacial score (nSPS) is 33.3. The number of carbonyl (C=O) groups is 3. The summed E-state index contributed by atoms with van der Waals surface area (Å²) >= 11 is 1.48. The Morgan fingerprint density at radius 1 is 1.06 bits per heavy atom. The molecule has 2 bridgehead atoms. The lowest BCUT2D eigenvalue weighted by Gasteiger charge is -2.39. The summed E-state index contributed by atoms with van der Waals surface area (Å²) in [6.45, 7) is 7.26. The highest BCUT2D eigenvalue weighted by Gasteiger charge is 2.63. The van der Waals surface area contributed by atoms with Crippen LogP contribution in [0.3, 0.4) is 0 Å². The summed E-state index contributed by atoms with van der Waals surface area (Å²) < 4.78 is 6.11. The fourth-order valence-electron chi connectivity index (χ4n) is 6.66. The van der Waals surface area contributed by atoms with Gasteiger partial charge in [-0.25, -0.2) is 4.79 Å². The maximum Gasteiger partial charge on any atom is 0.329 e. The minimum absolute atomic E-state index is 0.0399. The summed E-state index contributed by atoms with van der Waals surface area (Å²) in [6, 6.07) is 2.58. The summed E-state index contributed by atoms with van der Waals surface area (Å²) in [5.74, 6) is -0.287. The van der Waals surface area contributed by atoms with E-state index in [-0.39, 0.29) is 51.8 Å². The summed E-state index contributed by atoms with van der Waals surface area (Å²) in [4.78, 5) is 43.1. The van der Waals surface area contributed by atoms with Gasteiger partial charge < -0.3 is 24.7 Å². The highest BCUT2D eigenvalue weighted by Crippen LogP contribution is 2.66. The Bertz CT molecular complexity index is 1060. The topological polar surface area (TPSA) is 107 Å².